The zero-order valence-corrected chi connectivity index (χ0v) is 9.95. The first kappa shape index (κ1) is 12.2. The van der Waals surface area contributed by atoms with Crippen LogP contribution in [0.5, 0.6) is 0 Å². The van der Waals surface area contributed by atoms with Crippen molar-refractivity contribution in [1.29, 1.82) is 0 Å². The van der Waals surface area contributed by atoms with Crippen LogP contribution >= 0.6 is 0 Å². The minimum atomic E-state index is 0.646. The van der Waals surface area contributed by atoms with E-state index in [9.17, 15) is 0 Å². The minimum absolute atomic E-state index is 0.646. The van der Waals surface area contributed by atoms with Gasteiger partial charge in [0, 0.05) is 17.8 Å². The summed E-state index contributed by atoms with van der Waals surface area (Å²) in [5.74, 6) is 0.646. The molecule has 1 rings (SSSR count). The van der Waals surface area contributed by atoms with E-state index in [0.29, 0.717) is 5.92 Å². The predicted octanol–water partition coefficient (Wildman–Crippen LogP) is 3.94. The SMILES string of the molecule is CCCCC(CCCC)c1ccncn1. The zero-order chi connectivity index (χ0) is 10.9. The van der Waals surface area contributed by atoms with E-state index in [0.717, 1.165) is 0 Å². The molecule has 0 saturated heterocycles. The molecule has 0 amide bonds. The Bertz CT molecular complexity index is 238. The van der Waals surface area contributed by atoms with E-state index in [-0.39, 0.29) is 0 Å². The van der Waals surface area contributed by atoms with Crippen molar-refractivity contribution >= 4 is 0 Å². The van der Waals surface area contributed by atoms with Gasteiger partial charge in [0.15, 0.2) is 0 Å². The summed E-state index contributed by atoms with van der Waals surface area (Å²) in [6, 6.07) is 2.07. The number of rotatable bonds is 7. The van der Waals surface area contributed by atoms with E-state index in [2.05, 4.69) is 29.9 Å². The third kappa shape index (κ3) is 4.41. The monoisotopic (exact) mass is 206 g/mol. The third-order valence-corrected chi connectivity index (χ3v) is 2.84. The standard InChI is InChI=1S/C13H22N2/c1-3-5-7-12(8-6-4-2)13-9-10-14-11-15-13/h9-12H,3-8H2,1-2H3. The molecule has 84 valence electrons. The van der Waals surface area contributed by atoms with Gasteiger partial charge in [-0.15, -0.1) is 0 Å². The Morgan fingerprint density at radius 3 is 2.27 bits per heavy atom. The van der Waals surface area contributed by atoms with Gasteiger partial charge < -0.3 is 0 Å². The van der Waals surface area contributed by atoms with E-state index < -0.39 is 0 Å². The van der Waals surface area contributed by atoms with Gasteiger partial charge in [-0.25, -0.2) is 9.97 Å². The molecule has 2 nitrogen and oxygen atoms in total. The van der Waals surface area contributed by atoms with Gasteiger partial charge in [0.2, 0.25) is 0 Å². The molecule has 0 atom stereocenters. The molecule has 0 saturated carbocycles. The van der Waals surface area contributed by atoms with Crippen LogP contribution in [-0.4, -0.2) is 9.97 Å². The Kier molecular flexibility index (Phi) is 5.98. The van der Waals surface area contributed by atoms with Crippen molar-refractivity contribution in [2.75, 3.05) is 0 Å². The van der Waals surface area contributed by atoms with Crippen LogP contribution in [0.15, 0.2) is 18.6 Å². The van der Waals surface area contributed by atoms with Crippen LogP contribution in [0.1, 0.15) is 64.0 Å². The number of unbranched alkanes of at least 4 members (excludes halogenated alkanes) is 2. The van der Waals surface area contributed by atoms with Crippen LogP contribution < -0.4 is 0 Å². The van der Waals surface area contributed by atoms with Gasteiger partial charge in [0.05, 0.1) is 0 Å². The fourth-order valence-corrected chi connectivity index (χ4v) is 1.88. The summed E-state index contributed by atoms with van der Waals surface area (Å²) in [7, 11) is 0. The van der Waals surface area contributed by atoms with Crippen LogP contribution in [0.25, 0.3) is 0 Å². The van der Waals surface area contributed by atoms with Crippen molar-refractivity contribution in [2.24, 2.45) is 0 Å². The maximum absolute atomic E-state index is 4.37. The molecule has 0 aliphatic carbocycles. The van der Waals surface area contributed by atoms with Crippen LogP contribution in [0.3, 0.4) is 0 Å². The molecule has 0 spiro atoms. The summed E-state index contributed by atoms with van der Waals surface area (Å²) in [5.41, 5.74) is 1.23. The van der Waals surface area contributed by atoms with Gasteiger partial charge in [-0.2, -0.15) is 0 Å². The van der Waals surface area contributed by atoms with E-state index >= 15 is 0 Å². The van der Waals surface area contributed by atoms with Crippen molar-refractivity contribution in [1.82, 2.24) is 9.97 Å². The summed E-state index contributed by atoms with van der Waals surface area (Å²) < 4.78 is 0. The minimum Gasteiger partial charge on any atom is -0.245 e. The molecule has 0 radical (unpaired) electrons. The molecule has 0 aliphatic heterocycles. The van der Waals surface area contributed by atoms with E-state index in [1.54, 1.807) is 6.33 Å². The normalized spacial score (nSPS) is 10.9. The largest absolute Gasteiger partial charge is 0.245 e. The summed E-state index contributed by atoms with van der Waals surface area (Å²) in [4.78, 5) is 8.35. The lowest BCUT2D eigenvalue weighted by molar-refractivity contribution is 0.514. The van der Waals surface area contributed by atoms with Gasteiger partial charge in [-0.05, 0) is 18.9 Å². The maximum Gasteiger partial charge on any atom is 0.115 e. The Hall–Kier alpha value is -0.920. The average molecular weight is 206 g/mol. The van der Waals surface area contributed by atoms with Crippen LogP contribution in [0.2, 0.25) is 0 Å². The second-order valence-corrected chi connectivity index (χ2v) is 4.12. The van der Waals surface area contributed by atoms with Crippen molar-refractivity contribution in [2.45, 2.75) is 58.3 Å². The number of hydrogen-bond acceptors (Lipinski definition) is 2. The maximum atomic E-state index is 4.37. The van der Waals surface area contributed by atoms with Gasteiger partial charge in [0.25, 0.3) is 0 Å². The first-order chi connectivity index (χ1) is 7.38. The van der Waals surface area contributed by atoms with Crippen molar-refractivity contribution in [3.8, 4) is 0 Å². The lowest BCUT2D eigenvalue weighted by atomic mass is 9.93. The lowest BCUT2D eigenvalue weighted by Gasteiger charge is -2.15. The van der Waals surface area contributed by atoms with E-state index in [1.165, 1.54) is 44.2 Å². The molecular formula is C13H22N2. The van der Waals surface area contributed by atoms with Gasteiger partial charge >= 0.3 is 0 Å². The molecule has 1 aromatic rings. The van der Waals surface area contributed by atoms with Gasteiger partial charge in [0.1, 0.15) is 6.33 Å². The highest BCUT2D eigenvalue weighted by molar-refractivity contribution is 5.05. The van der Waals surface area contributed by atoms with Gasteiger partial charge in [-0.3, -0.25) is 0 Å². The summed E-state index contributed by atoms with van der Waals surface area (Å²) in [6.07, 6.45) is 11.2. The molecule has 2 heteroatoms. The predicted molar refractivity (Wildman–Crippen MR) is 63.8 cm³/mol. The first-order valence-electron chi connectivity index (χ1n) is 6.14. The van der Waals surface area contributed by atoms with Crippen molar-refractivity contribution in [3.05, 3.63) is 24.3 Å². The average Bonchev–Trinajstić information content (AvgIpc) is 2.30. The molecule has 1 aromatic heterocycles. The molecular weight excluding hydrogens is 184 g/mol. The number of hydrogen-bond donors (Lipinski definition) is 0. The van der Waals surface area contributed by atoms with E-state index in [4.69, 9.17) is 0 Å². The quantitative estimate of drug-likeness (QED) is 0.675. The second-order valence-electron chi connectivity index (χ2n) is 4.12. The van der Waals surface area contributed by atoms with Crippen LogP contribution in [0.4, 0.5) is 0 Å². The summed E-state index contributed by atoms with van der Waals surface area (Å²) in [5, 5.41) is 0. The van der Waals surface area contributed by atoms with E-state index in [1.807, 2.05) is 6.20 Å². The Labute approximate surface area is 93.2 Å². The molecule has 0 aromatic carbocycles. The zero-order valence-electron chi connectivity index (χ0n) is 9.95. The van der Waals surface area contributed by atoms with Gasteiger partial charge in [-0.1, -0.05) is 39.5 Å². The topological polar surface area (TPSA) is 25.8 Å². The highest BCUT2D eigenvalue weighted by Crippen LogP contribution is 2.25. The second kappa shape index (κ2) is 7.38. The fourth-order valence-electron chi connectivity index (χ4n) is 1.88. The molecule has 1 heterocycles. The highest BCUT2D eigenvalue weighted by atomic mass is 14.8. The third-order valence-electron chi connectivity index (χ3n) is 2.84. The van der Waals surface area contributed by atoms with Crippen molar-refractivity contribution < 1.29 is 0 Å². The Balaban J connectivity index is 2.55. The fraction of sp³-hybridized carbons (Fsp3) is 0.692. The Morgan fingerprint density at radius 1 is 1.13 bits per heavy atom. The molecule has 0 unspecified atom stereocenters. The summed E-state index contributed by atoms with van der Waals surface area (Å²) >= 11 is 0. The van der Waals surface area contributed by atoms with Crippen LogP contribution in [-0.2, 0) is 0 Å². The lowest BCUT2D eigenvalue weighted by Crippen LogP contribution is -2.02. The highest BCUT2D eigenvalue weighted by Gasteiger charge is 2.11. The molecule has 0 fully saturated rings. The Morgan fingerprint density at radius 2 is 1.80 bits per heavy atom. The molecule has 0 N–H and O–H groups in total. The first-order valence-corrected chi connectivity index (χ1v) is 6.14. The molecule has 0 aliphatic rings. The molecule has 15 heavy (non-hydrogen) atoms. The molecule has 0 bridgehead atoms. The summed E-state index contributed by atoms with van der Waals surface area (Å²) in [6.45, 7) is 4.49. The number of nitrogens with zero attached hydrogens (tertiary/aromatic N) is 2. The van der Waals surface area contributed by atoms with Crippen LogP contribution in [0, 0.1) is 0 Å². The number of aromatic nitrogens is 2. The smallest absolute Gasteiger partial charge is 0.115 e. The van der Waals surface area contributed by atoms with Crippen molar-refractivity contribution in [3.63, 3.8) is 0 Å².